The van der Waals surface area contributed by atoms with E-state index < -0.39 is 15.8 Å². The maximum absolute atomic E-state index is 13.4. The number of nitrogen functional groups attached to an aromatic ring is 1. The number of halogens is 2. The van der Waals surface area contributed by atoms with Gasteiger partial charge in [-0.1, -0.05) is 22.0 Å². The summed E-state index contributed by atoms with van der Waals surface area (Å²) in [6.45, 7) is 1.46. The molecule has 0 atom stereocenters. The average molecular weight is 359 g/mol. The third kappa shape index (κ3) is 3.10. The van der Waals surface area contributed by atoms with Crippen LogP contribution in [0.3, 0.4) is 0 Å². The Labute approximate surface area is 125 Å². The fourth-order valence-electron chi connectivity index (χ4n) is 1.68. The zero-order chi connectivity index (χ0) is 14.9. The van der Waals surface area contributed by atoms with Crippen LogP contribution in [-0.2, 0) is 10.0 Å². The zero-order valence-electron chi connectivity index (χ0n) is 10.5. The van der Waals surface area contributed by atoms with Crippen molar-refractivity contribution in [3.8, 4) is 0 Å². The molecule has 4 nitrogen and oxygen atoms in total. The highest BCUT2D eigenvalue weighted by Gasteiger charge is 2.17. The molecule has 0 fully saturated rings. The van der Waals surface area contributed by atoms with E-state index in [9.17, 15) is 12.8 Å². The molecule has 0 aliphatic rings. The van der Waals surface area contributed by atoms with E-state index in [0.29, 0.717) is 5.69 Å². The van der Waals surface area contributed by atoms with Crippen molar-refractivity contribution in [3.63, 3.8) is 0 Å². The molecule has 7 heteroatoms. The Morgan fingerprint density at radius 2 is 1.95 bits per heavy atom. The lowest BCUT2D eigenvalue weighted by Gasteiger charge is -2.10. The lowest BCUT2D eigenvalue weighted by molar-refractivity contribution is 0.599. The maximum Gasteiger partial charge on any atom is 0.261 e. The van der Waals surface area contributed by atoms with Gasteiger partial charge in [-0.2, -0.15) is 0 Å². The van der Waals surface area contributed by atoms with Crippen LogP contribution >= 0.6 is 15.9 Å². The summed E-state index contributed by atoms with van der Waals surface area (Å²) in [5.41, 5.74) is 5.85. The van der Waals surface area contributed by atoms with Gasteiger partial charge in [-0.25, -0.2) is 12.8 Å². The number of hydrogen-bond donors (Lipinski definition) is 2. The van der Waals surface area contributed by atoms with E-state index in [1.807, 2.05) is 0 Å². The maximum atomic E-state index is 13.4. The van der Waals surface area contributed by atoms with Crippen molar-refractivity contribution in [3.05, 3.63) is 52.3 Å². The molecule has 2 rings (SSSR count). The number of anilines is 2. The standard InChI is InChI=1S/C13H12BrFN2O2S/c1-8-5-11(7-12(16)13(8)15)20(18,19)17-10-4-2-3-9(14)6-10/h2-7,17H,16H2,1H3. The molecule has 0 radical (unpaired) electrons. The second-order valence-corrected chi connectivity index (χ2v) is 6.86. The molecule has 0 unspecified atom stereocenters. The van der Waals surface area contributed by atoms with Gasteiger partial charge in [0, 0.05) is 10.2 Å². The van der Waals surface area contributed by atoms with Crippen molar-refractivity contribution in [2.24, 2.45) is 0 Å². The zero-order valence-corrected chi connectivity index (χ0v) is 12.9. The molecule has 0 spiro atoms. The molecule has 2 aromatic carbocycles. The molecule has 0 aliphatic heterocycles. The third-order valence-electron chi connectivity index (χ3n) is 2.64. The van der Waals surface area contributed by atoms with Gasteiger partial charge in [-0.15, -0.1) is 0 Å². The molecule has 0 amide bonds. The van der Waals surface area contributed by atoms with Crippen molar-refractivity contribution < 1.29 is 12.8 Å². The molecular formula is C13H12BrFN2O2S. The SMILES string of the molecule is Cc1cc(S(=O)(=O)Nc2cccc(Br)c2)cc(N)c1F. The number of aryl methyl sites for hydroxylation is 1. The summed E-state index contributed by atoms with van der Waals surface area (Å²) in [5.74, 6) is -0.605. The van der Waals surface area contributed by atoms with Gasteiger partial charge >= 0.3 is 0 Å². The van der Waals surface area contributed by atoms with Gasteiger partial charge in [0.1, 0.15) is 5.82 Å². The Hall–Kier alpha value is -1.60. The predicted octanol–water partition coefficient (Wildman–Crippen LogP) is 3.28. The predicted molar refractivity (Wildman–Crippen MR) is 80.5 cm³/mol. The number of benzene rings is 2. The Kier molecular flexibility index (Phi) is 4.01. The first-order chi connectivity index (χ1) is 9.29. The molecule has 0 bridgehead atoms. The summed E-state index contributed by atoms with van der Waals surface area (Å²) >= 11 is 3.25. The first kappa shape index (κ1) is 14.8. The molecular weight excluding hydrogens is 347 g/mol. The number of rotatable bonds is 3. The third-order valence-corrected chi connectivity index (χ3v) is 4.50. The fraction of sp³-hybridized carbons (Fsp3) is 0.0769. The average Bonchev–Trinajstić information content (AvgIpc) is 2.34. The summed E-state index contributed by atoms with van der Waals surface area (Å²) in [7, 11) is -3.81. The minimum Gasteiger partial charge on any atom is -0.396 e. The Bertz CT molecular complexity index is 740. The van der Waals surface area contributed by atoms with Crippen molar-refractivity contribution in [1.82, 2.24) is 0 Å². The molecule has 0 saturated carbocycles. The van der Waals surface area contributed by atoms with E-state index in [4.69, 9.17) is 5.73 Å². The van der Waals surface area contributed by atoms with Crippen LogP contribution in [0, 0.1) is 12.7 Å². The summed E-state index contributed by atoms with van der Waals surface area (Å²) < 4.78 is 41.0. The highest BCUT2D eigenvalue weighted by molar-refractivity contribution is 9.10. The van der Waals surface area contributed by atoms with Crippen molar-refractivity contribution in [2.75, 3.05) is 10.5 Å². The number of nitrogens with one attached hydrogen (secondary N) is 1. The van der Waals surface area contributed by atoms with Crippen molar-refractivity contribution in [1.29, 1.82) is 0 Å². The Balaban J connectivity index is 2.41. The van der Waals surface area contributed by atoms with Gasteiger partial charge < -0.3 is 5.73 Å². The minimum absolute atomic E-state index is 0.0751. The molecule has 2 aromatic rings. The second kappa shape index (κ2) is 5.41. The van der Waals surface area contributed by atoms with Crippen LogP contribution in [0.2, 0.25) is 0 Å². The lowest BCUT2D eigenvalue weighted by Crippen LogP contribution is -2.14. The van der Waals surface area contributed by atoms with E-state index in [2.05, 4.69) is 20.7 Å². The smallest absolute Gasteiger partial charge is 0.261 e. The second-order valence-electron chi connectivity index (χ2n) is 4.26. The van der Waals surface area contributed by atoms with Crippen molar-refractivity contribution in [2.45, 2.75) is 11.8 Å². The molecule has 0 heterocycles. The normalized spacial score (nSPS) is 11.3. The number of nitrogens with two attached hydrogens (primary N) is 1. The van der Waals surface area contributed by atoms with E-state index in [1.165, 1.54) is 13.0 Å². The van der Waals surface area contributed by atoms with Gasteiger partial charge in [0.2, 0.25) is 0 Å². The van der Waals surface area contributed by atoms with Gasteiger partial charge in [0.05, 0.1) is 10.6 Å². The first-order valence-electron chi connectivity index (χ1n) is 5.63. The first-order valence-corrected chi connectivity index (χ1v) is 7.91. The van der Waals surface area contributed by atoms with E-state index in [-0.39, 0.29) is 16.1 Å². The highest BCUT2D eigenvalue weighted by Crippen LogP contribution is 2.24. The van der Waals surface area contributed by atoms with Gasteiger partial charge in [0.25, 0.3) is 10.0 Å². The lowest BCUT2D eigenvalue weighted by atomic mass is 10.2. The van der Waals surface area contributed by atoms with Gasteiger partial charge in [-0.05, 0) is 42.8 Å². The summed E-state index contributed by atoms with van der Waals surface area (Å²) in [6.07, 6.45) is 0. The quantitative estimate of drug-likeness (QED) is 0.827. The van der Waals surface area contributed by atoms with Crippen LogP contribution in [0.15, 0.2) is 45.8 Å². The molecule has 3 N–H and O–H groups in total. The summed E-state index contributed by atoms with van der Waals surface area (Å²) in [5, 5.41) is 0. The van der Waals surface area contributed by atoms with Crippen LogP contribution in [0.1, 0.15) is 5.56 Å². The molecule has 0 saturated heterocycles. The monoisotopic (exact) mass is 358 g/mol. The molecule has 106 valence electrons. The Morgan fingerprint density at radius 1 is 1.25 bits per heavy atom. The van der Waals surface area contributed by atoms with Crippen LogP contribution in [0.4, 0.5) is 15.8 Å². The number of hydrogen-bond acceptors (Lipinski definition) is 3. The molecule has 0 aliphatic carbocycles. The van der Waals surface area contributed by atoms with E-state index >= 15 is 0 Å². The van der Waals surface area contributed by atoms with E-state index in [1.54, 1.807) is 24.3 Å². The summed E-state index contributed by atoms with van der Waals surface area (Å²) in [6, 6.07) is 9.05. The van der Waals surface area contributed by atoms with Crippen LogP contribution in [0.25, 0.3) is 0 Å². The highest BCUT2D eigenvalue weighted by atomic mass is 79.9. The Morgan fingerprint density at radius 3 is 2.55 bits per heavy atom. The fourth-order valence-corrected chi connectivity index (χ4v) is 3.25. The molecule has 0 aromatic heterocycles. The molecule has 20 heavy (non-hydrogen) atoms. The summed E-state index contributed by atoms with van der Waals surface area (Å²) in [4.78, 5) is -0.0751. The van der Waals surface area contributed by atoms with Gasteiger partial charge in [0.15, 0.2) is 0 Å². The van der Waals surface area contributed by atoms with Crippen LogP contribution < -0.4 is 10.5 Å². The van der Waals surface area contributed by atoms with Crippen LogP contribution in [-0.4, -0.2) is 8.42 Å². The van der Waals surface area contributed by atoms with Gasteiger partial charge in [-0.3, -0.25) is 4.72 Å². The largest absolute Gasteiger partial charge is 0.396 e. The van der Waals surface area contributed by atoms with E-state index in [0.717, 1.165) is 10.5 Å². The topological polar surface area (TPSA) is 72.2 Å². The number of sulfonamides is 1. The minimum atomic E-state index is -3.81. The van der Waals surface area contributed by atoms with Crippen LogP contribution in [0.5, 0.6) is 0 Å². The van der Waals surface area contributed by atoms with Crippen molar-refractivity contribution >= 4 is 37.3 Å².